The third-order valence-corrected chi connectivity index (χ3v) is 3.29. The maximum atomic E-state index is 12.1. The van der Waals surface area contributed by atoms with E-state index in [9.17, 15) is 4.79 Å². The highest BCUT2D eigenvalue weighted by Crippen LogP contribution is 2.21. The molecule has 0 saturated carbocycles. The Kier molecular flexibility index (Phi) is 5.17. The van der Waals surface area contributed by atoms with E-state index >= 15 is 0 Å². The van der Waals surface area contributed by atoms with Gasteiger partial charge in [-0.05, 0) is 45.7 Å². The van der Waals surface area contributed by atoms with Crippen molar-refractivity contribution in [2.75, 3.05) is 13.2 Å². The van der Waals surface area contributed by atoms with E-state index in [1.807, 2.05) is 39.0 Å². The minimum Gasteiger partial charge on any atom is -0.444 e. The van der Waals surface area contributed by atoms with Crippen LogP contribution in [0.1, 0.15) is 39.3 Å². The van der Waals surface area contributed by atoms with Gasteiger partial charge in [0.15, 0.2) is 0 Å². The summed E-state index contributed by atoms with van der Waals surface area (Å²) in [5, 5.41) is 0. The van der Waals surface area contributed by atoms with Crippen molar-refractivity contribution in [2.24, 2.45) is 0 Å². The molecule has 0 aromatic carbocycles. The average molecular weight is 292 g/mol. The first-order valence-electron chi connectivity index (χ1n) is 7.43. The first kappa shape index (κ1) is 15.8. The van der Waals surface area contributed by atoms with Gasteiger partial charge in [0.25, 0.3) is 0 Å². The molecule has 21 heavy (non-hydrogen) atoms. The number of rotatable bonds is 4. The summed E-state index contributed by atoms with van der Waals surface area (Å²) < 4.78 is 11.1. The van der Waals surface area contributed by atoms with Crippen LogP contribution in [0.5, 0.6) is 0 Å². The highest BCUT2D eigenvalue weighted by atomic mass is 16.6. The van der Waals surface area contributed by atoms with Gasteiger partial charge >= 0.3 is 6.09 Å². The average Bonchev–Trinajstić information content (AvgIpc) is 2.86. The molecular formula is C16H24N2O3. The van der Waals surface area contributed by atoms with E-state index in [1.54, 1.807) is 11.1 Å². The van der Waals surface area contributed by atoms with Gasteiger partial charge in [0.1, 0.15) is 5.60 Å². The Labute approximate surface area is 126 Å². The molecule has 1 aromatic heterocycles. The summed E-state index contributed by atoms with van der Waals surface area (Å²) >= 11 is 0. The van der Waals surface area contributed by atoms with Gasteiger partial charge in [-0.25, -0.2) is 4.79 Å². The van der Waals surface area contributed by atoms with Gasteiger partial charge < -0.3 is 14.4 Å². The summed E-state index contributed by atoms with van der Waals surface area (Å²) in [7, 11) is 0. The minimum atomic E-state index is -0.459. The van der Waals surface area contributed by atoms with Crippen LogP contribution >= 0.6 is 0 Å². The predicted octanol–water partition coefficient (Wildman–Crippen LogP) is 3.00. The number of likely N-dealkylation sites (tertiary alicyclic amines) is 1. The van der Waals surface area contributed by atoms with E-state index < -0.39 is 5.60 Å². The van der Waals surface area contributed by atoms with Crippen LogP contribution in [0.2, 0.25) is 0 Å². The Hall–Kier alpha value is -1.62. The molecule has 0 aliphatic carbocycles. The predicted molar refractivity (Wildman–Crippen MR) is 79.9 cm³/mol. The van der Waals surface area contributed by atoms with Gasteiger partial charge in [0.05, 0.1) is 24.9 Å². The van der Waals surface area contributed by atoms with Crippen molar-refractivity contribution in [3.63, 3.8) is 0 Å². The number of carbonyl (C=O) groups excluding carboxylic acids is 1. The first-order chi connectivity index (χ1) is 9.96. The Balaban J connectivity index is 1.80. The zero-order chi connectivity index (χ0) is 15.3. The SMILES string of the molecule is CC(C)(C)OC(=O)N1CCC[C@H]1COCc1ccccn1. The van der Waals surface area contributed by atoms with Crippen LogP contribution in [0.4, 0.5) is 4.79 Å². The molecule has 0 spiro atoms. The van der Waals surface area contributed by atoms with Crippen molar-refractivity contribution >= 4 is 6.09 Å². The lowest BCUT2D eigenvalue weighted by atomic mass is 10.2. The number of hydrogen-bond acceptors (Lipinski definition) is 4. The van der Waals surface area contributed by atoms with Crippen LogP contribution in [0.3, 0.4) is 0 Å². The fourth-order valence-electron chi connectivity index (χ4n) is 2.35. The quantitative estimate of drug-likeness (QED) is 0.856. The van der Waals surface area contributed by atoms with Crippen molar-refractivity contribution in [2.45, 2.75) is 51.9 Å². The number of ether oxygens (including phenoxy) is 2. The van der Waals surface area contributed by atoms with Gasteiger partial charge in [-0.2, -0.15) is 0 Å². The van der Waals surface area contributed by atoms with Crippen molar-refractivity contribution < 1.29 is 14.3 Å². The standard InChI is InChI=1S/C16H24N2O3/c1-16(2,3)21-15(19)18-10-6-8-14(18)12-20-11-13-7-4-5-9-17-13/h4-5,7,9,14H,6,8,10-12H2,1-3H3/t14-/m0/s1. The zero-order valence-corrected chi connectivity index (χ0v) is 13.0. The molecule has 5 nitrogen and oxygen atoms in total. The Morgan fingerprint density at radius 3 is 2.90 bits per heavy atom. The molecule has 0 radical (unpaired) electrons. The molecule has 2 rings (SSSR count). The van der Waals surface area contributed by atoms with Crippen LogP contribution in [0, 0.1) is 0 Å². The van der Waals surface area contributed by atoms with Gasteiger partial charge in [-0.1, -0.05) is 6.07 Å². The highest BCUT2D eigenvalue weighted by Gasteiger charge is 2.32. The number of carbonyl (C=O) groups is 1. The summed E-state index contributed by atoms with van der Waals surface area (Å²) in [5.74, 6) is 0. The summed E-state index contributed by atoms with van der Waals surface area (Å²) in [4.78, 5) is 18.1. The van der Waals surface area contributed by atoms with Crippen LogP contribution < -0.4 is 0 Å². The van der Waals surface area contributed by atoms with Gasteiger partial charge in [-0.15, -0.1) is 0 Å². The number of pyridine rings is 1. The number of amides is 1. The Bertz CT molecular complexity index is 456. The summed E-state index contributed by atoms with van der Waals surface area (Å²) in [6, 6.07) is 5.85. The maximum Gasteiger partial charge on any atom is 0.410 e. The number of aromatic nitrogens is 1. The van der Waals surface area contributed by atoms with Crippen LogP contribution in [-0.2, 0) is 16.1 Å². The molecule has 1 atom stereocenters. The van der Waals surface area contributed by atoms with Crippen LogP contribution in [0.25, 0.3) is 0 Å². The van der Waals surface area contributed by atoms with Crippen molar-refractivity contribution in [1.82, 2.24) is 9.88 Å². The van der Waals surface area contributed by atoms with E-state index in [1.165, 1.54) is 0 Å². The Morgan fingerprint density at radius 2 is 2.24 bits per heavy atom. The lowest BCUT2D eigenvalue weighted by Crippen LogP contribution is -2.41. The normalized spacial score (nSPS) is 18.8. The van der Waals surface area contributed by atoms with Crippen LogP contribution in [0.15, 0.2) is 24.4 Å². The fraction of sp³-hybridized carbons (Fsp3) is 0.625. The van der Waals surface area contributed by atoms with Crippen LogP contribution in [-0.4, -0.2) is 40.8 Å². The first-order valence-corrected chi connectivity index (χ1v) is 7.43. The van der Waals surface area contributed by atoms with E-state index in [-0.39, 0.29) is 12.1 Å². The van der Waals surface area contributed by atoms with E-state index in [2.05, 4.69) is 4.98 Å². The lowest BCUT2D eigenvalue weighted by Gasteiger charge is -2.28. The molecule has 1 aliphatic heterocycles. The third kappa shape index (κ3) is 5.01. The second-order valence-corrected chi connectivity index (χ2v) is 6.31. The summed E-state index contributed by atoms with van der Waals surface area (Å²) in [6.07, 6.45) is 3.46. The molecular weight excluding hydrogens is 268 g/mol. The molecule has 0 bridgehead atoms. The molecule has 116 valence electrons. The summed E-state index contributed by atoms with van der Waals surface area (Å²) in [6.45, 7) is 7.39. The lowest BCUT2D eigenvalue weighted by molar-refractivity contribution is 0.00857. The molecule has 1 fully saturated rings. The summed E-state index contributed by atoms with van der Waals surface area (Å²) in [5.41, 5.74) is 0.443. The second kappa shape index (κ2) is 6.89. The molecule has 5 heteroatoms. The fourth-order valence-corrected chi connectivity index (χ4v) is 2.35. The molecule has 1 amide bonds. The monoisotopic (exact) mass is 292 g/mol. The second-order valence-electron chi connectivity index (χ2n) is 6.31. The Morgan fingerprint density at radius 1 is 1.43 bits per heavy atom. The number of nitrogens with zero attached hydrogens (tertiary/aromatic N) is 2. The topological polar surface area (TPSA) is 51.7 Å². The minimum absolute atomic E-state index is 0.101. The van der Waals surface area contributed by atoms with Crippen molar-refractivity contribution in [3.05, 3.63) is 30.1 Å². The zero-order valence-electron chi connectivity index (χ0n) is 13.0. The molecule has 1 aliphatic rings. The third-order valence-electron chi connectivity index (χ3n) is 3.29. The van der Waals surface area contributed by atoms with Gasteiger partial charge in [0, 0.05) is 12.7 Å². The van der Waals surface area contributed by atoms with Gasteiger partial charge in [0.2, 0.25) is 0 Å². The van der Waals surface area contributed by atoms with E-state index in [4.69, 9.17) is 9.47 Å². The van der Waals surface area contributed by atoms with E-state index in [0.29, 0.717) is 13.2 Å². The molecule has 1 saturated heterocycles. The largest absolute Gasteiger partial charge is 0.444 e. The van der Waals surface area contributed by atoms with E-state index in [0.717, 1.165) is 25.1 Å². The molecule has 0 N–H and O–H groups in total. The maximum absolute atomic E-state index is 12.1. The highest BCUT2D eigenvalue weighted by molar-refractivity contribution is 5.68. The molecule has 0 unspecified atom stereocenters. The smallest absolute Gasteiger partial charge is 0.410 e. The van der Waals surface area contributed by atoms with Crippen molar-refractivity contribution in [3.8, 4) is 0 Å². The van der Waals surface area contributed by atoms with Gasteiger partial charge in [-0.3, -0.25) is 4.98 Å². The van der Waals surface area contributed by atoms with Crippen molar-refractivity contribution in [1.29, 1.82) is 0 Å². The number of hydrogen-bond donors (Lipinski definition) is 0. The molecule has 1 aromatic rings. The molecule has 2 heterocycles.